The van der Waals surface area contributed by atoms with Crippen LogP contribution in [0.4, 0.5) is 0 Å². The Bertz CT molecular complexity index is 850. The smallest absolute Gasteiger partial charge is 0.251 e. The van der Waals surface area contributed by atoms with Crippen molar-refractivity contribution in [1.82, 2.24) is 9.62 Å². The van der Waals surface area contributed by atoms with Crippen LogP contribution < -0.4 is 5.32 Å². The summed E-state index contributed by atoms with van der Waals surface area (Å²) < 4.78 is 27.6. The van der Waals surface area contributed by atoms with Crippen molar-refractivity contribution < 1.29 is 13.2 Å². The minimum atomic E-state index is -3.59. The van der Waals surface area contributed by atoms with E-state index in [1.165, 1.54) is 16.4 Å². The first-order chi connectivity index (χ1) is 13.2. The predicted molar refractivity (Wildman–Crippen MR) is 112 cm³/mol. The zero-order chi connectivity index (χ0) is 20.7. The van der Waals surface area contributed by atoms with Gasteiger partial charge in [-0.15, -0.1) is 0 Å². The summed E-state index contributed by atoms with van der Waals surface area (Å²) in [6, 6.07) is 15.8. The summed E-state index contributed by atoms with van der Waals surface area (Å²) in [4.78, 5) is 12.5. The Labute approximate surface area is 168 Å². The lowest BCUT2D eigenvalue weighted by Gasteiger charge is -2.25. The van der Waals surface area contributed by atoms with Crippen molar-refractivity contribution in [3.05, 3.63) is 65.7 Å². The second kappa shape index (κ2) is 9.85. The third kappa shape index (κ3) is 6.17. The van der Waals surface area contributed by atoms with Gasteiger partial charge in [0.1, 0.15) is 0 Å². The summed E-state index contributed by atoms with van der Waals surface area (Å²) in [7, 11) is -3.59. The van der Waals surface area contributed by atoms with E-state index in [1.54, 1.807) is 12.1 Å². The van der Waals surface area contributed by atoms with Gasteiger partial charge in [0.2, 0.25) is 10.0 Å². The third-order valence-electron chi connectivity index (χ3n) is 4.19. The first-order valence-electron chi connectivity index (χ1n) is 9.62. The number of amides is 1. The molecule has 1 amide bonds. The summed E-state index contributed by atoms with van der Waals surface area (Å²) in [6.45, 7) is 9.38. The van der Waals surface area contributed by atoms with Crippen molar-refractivity contribution in [2.24, 2.45) is 11.8 Å². The molecule has 5 nitrogen and oxygen atoms in total. The molecule has 0 aliphatic carbocycles. The second-order valence-corrected chi connectivity index (χ2v) is 9.74. The van der Waals surface area contributed by atoms with E-state index in [-0.39, 0.29) is 22.6 Å². The number of carbonyl (C=O) groups is 1. The topological polar surface area (TPSA) is 66.5 Å². The molecule has 1 N–H and O–H groups in total. The van der Waals surface area contributed by atoms with Crippen molar-refractivity contribution >= 4 is 15.9 Å². The van der Waals surface area contributed by atoms with Crippen LogP contribution in [0.3, 0.4) is 0 Å². The maximum atomic E-state index is 13.0. The number of carbonyl (C=O) groups excluding carboxylic acids is 1. The monoisotopic (exact) mass is 402 g/mol. The molecule has 0 aliphatic heterocycles. The van der Waals surface area contributed by atoms with Crippen LogP contribution in [0.15, 0.2) is 59.5 Å². The standard InChI is InChI=1S/C22H30N2O3S/c1-17(2)15-24(16-18(3)4)28(26,27)21-12-10-20(11-13-21)22(25)23-14-19-8-6-5-7-9-19/h5-13,17-18H,14-16H2,1-4H3,(H,23,25). The van der Waals surface area contributed by atoms with E-state index in [1.807, 2.05) is 58.0 Å². The average molecular weight is 403 g/mol. The van der Waals surface area contributed by atoms with Crippen LogP contribution in [-0.2, 0) is 16.6 Å². The molecule has 0 atom stereocenters. The van der Waals surface area contributed by atoms with E-state index in [9.17, 15) is 13.2 Å². The van der Waals surface area contributed by atoms with Crippen LogP contribution in [0.1, 0.15) is 43.6 Å². The van der Waals surface area contributed by atoms with Crippen LogP contribution in [0.2, 0.25) is 0 Å². The van der Waals surface area contributed by atoms with Gasteiger partial charge in [-0.2, -0.15) is 4.31 Å². The lowest BCUT2D eigenvalue weighted by Crippen LogP contribution is -2.37. The number of nitrogens with one attached hydrogen (secondary N) is 1. The van der Waals surface area contributed by atoms with Gasteiger partial charge in [-0.25, -0.2) is 8.42 Å². The van der Waals surface area contributed by atoms with Gasteiger partial charge in [-0.3, -0.25) is 4.79 Å². The van der Waals surface area contributed by atoms with Gasteiger partial charge in [-0.05, 0) is 41.7 Å². The fourth-order valence-corrected chi connectivity index (χ4v) is 4.66. The van der Waals surface area contributed by atoms with Gasteiger partial charge in [0.15, 0.2) is 0 Å². The van der Waals surface area contributed by atoms with Gasteiger partial charge in [0.25, 0.3) is 5.91 Å². The van der Waals surface area contributed by atoms with Gasteiger partial charge < -0.3 is 5.32 Å². The number of hydrogen-bond acceptors (Lipinski definition) is 3. The van der Waals surface area contributed by atoms with Crippen LogP contribution in [-0.4, -0.2) is 31.7 Å². The lowest BCUT2D eigenvalue weighted by atomic mass is 10.2. The summed E-state index contributed by atoms with van der Waals surface area (Å²) in [5.41, 5.74) is 1.45. The molecular weight excluding hydrogens is 372 g/mol. The molecule has 0 spiro atoms. The van der Waals surface area contributed by atoms with Gasteiger partial charge in [-0.1, -0.05) is 58.0 Å². The lowest BCUT2D eigenvalue weighted by molar-refractivity contribution is 0.0951. The fourth-order valence-electron chi connectivity index (χ4n) is 2.89. The Balaban J connectivity index is 2.11. The normalized spacial score (nSPS) is 12.0. The molecule has 0 fully saturated rings. The van der Waals surface area contributed by atoms with E-state index in [0.29, 0.717) is 25.2 Å². The molecule has 152 valence electrons. The Hall–Kier alpha value is -2.18. The van der Waals surface area contributed by atoms with Crippen molar-refractivity contribution in [1.29, 1.82) is 0 Å². The maximum absolute atomic E-state index is 13.0. The first kappa shape index (κ1) is 22.1. The average Bonchev–Trinajstić information content (AvgIpc) is 2.66. The molecular formula is C22H30N2O3S. The SMILES string of the molecule is CC(C)CN(CC(C)C)S(=O)(=O)c1ccc(C(=O)NCc2ccccc2)cc1. The Morgan fingerprint density at radius 2 is 1.43 bits per heavy atom. The van der Waals surface area contributed by atoms with Gasteiger partial charge in [0.05, 0.1) is 4.90 Å². The number of hydrogen-bond donors (Lipinski definition) is 1. The van der Waals surface area contributed by atoms with Crippen LogP contribution >= 0.6 is 0 Å². The third-order valence-corrected chi connectivity index (χ3v) is 6.03. The highest BCUT2D eigenvalue weighted by molar-refractivity contribution is 7.89. The predicted octanol–water partition coefficient (Wildman–Crippen LogP) is 3.92. The Morgan fingerprint density at radius 3 is 1.93 bits per heavy atom. The number of sulfonamides is 1. The summed E-state index contributed by atoms with van der Waals surface area (Å²) in [5, 5.41) is 2.85. The Morgan fingerprint density at radius 1 is 0.893 bits per heavy atom. The van der Waals surface area contributed by atoms with Crippen molar-refractivity contribution in [3.63, 3.8) is 0 Å². The minimum absolute atomic E-state index is 0.216. The molecule has 0 heterocycles. The highest BCUT2D eigenvalue weighted by Gasteiger charge is 2.26. The Kier molecular flexibility index (Phi) is 7.78. The molecule has 0 unspecified atom stereocenters. The number of rotatable bonds is 9. The molecule has 2 rings (SSSR count). The molecule has 0 saturated carbocycles. The van der Waals surface area contributed by atoms with E-state index in [2.05, 4.69) is 5.32 Å². The summed E-state index contributed by atoms with van der Waals surface area (Å²) in [6.07, 6.45) is 0. The minimum Gasteiger partial charge on any atom is -0.348 e. The fraction of sp³-hybridized carbons (Fsp3) is 0.409. The van der Waals surface area contributed by atoms with Crippen molar-refractivity contribution in [2.45, 2.75) is 39.1 Å². The highest BCUT2D eigenvalue weighted by Crippen LogP contribution is 2.19. The molecule has 28 heavy (non-hydrogen) atoms. The largest absolute Gasteiger partial charge is 0.348 e. The molecule has 0 aliphatic rings. The quantitative estimate of drug-likeness (QED) is 0.691. The van der Waals surface area contributed by atoms with E-state index in [4.69, 9.17) is 0 Å². The van der Waals surface area contributed by atoms with Gasteiger partial charge in [0, 0.05) is 25.2 Å². The zero-order valence-corrected chi connectivity index (χ0v) is 17.9. The number of nitrogens with zero attached hydrogens (tertiary/aromatic N) is 1. The summed E-state index contributed by atoms with van der Waals surface area (Å²) >= 11 is 0. The molecule has 0 aromatic heterocycles. The van der Waals surface area contributed by atoms with Crippen LogP contribution in [0.5, 0.6) is 0 Å². The molecule has 2 aromatic rings. The summed E-state index contributed by atoms with van der Waals surface area (Å²) in [5.74, 6) is 0.238. The highest BCUT2D eigenvalue weighted by atomic mass is 32.2. The molecule has 0 saturated heterocycles. The maximum Gasteiger partial charge on any atom is 0.251 e. The van der Waals surface area contributed by atoms with Crippen LogP contribution in [0.25, 0.3) is 0 Å². The van der Waals surface area contributed by atoms with Crippen LogP contribution in [0, 0.1) is 11.8 Å². The first-order valence-corrected chi connectivity index (χ1v) is 11.1. The second-order valence-electron chi connectivity index (χ2n) is 7.80. The molecule has 0 bridgehead atoms. The van der Waals surface area contributed by atoms with Crippen molar-refractivity contribution in [3.8, 4) is 0 Å². The van der Waals surface area contributed by atoms with Gasteiger partial charge >= 0.3 is 0 Å². The zero-order valence-electron chi connectivity index (χ0n) is 17.1. The van der Waals surface area contributed by atoms with E-state index >= 15 is 0 Å². The van der Waals surface area contributed by atoms with E-state index < -0.39 is 10.0 Å². The van der Waals surface area contributed by atoms with E-state index in [0.717, 1.165) is 5.56 Å². The van der Waals surface area contributed by atoms with Crippen molar-refractivity contribution in [2.75, 3.05) is 13.1 Å². The molecule has 0 radical (unpaired) electrons. The molecule has 2 aromatic carbocycles. The number of benzene rings is 2. The molecule has 6 heteroatoms.